The number of aliphatic hydroxyl groups is 1. The minimum atomic E-state index is -0.503. The molecule has 1 unspecified atom stereocenters. The van der Waals surface area contributed by atoms with Gasteiger partial charge in [0.25, 0.3) is 0 Å². The summed E-state index contributed by atoms with van der Waals surface area (Å²) < 4.78 is 7.65. The number of β-amino-alcohol motifs (C(OH)–C–C–N with tert-alkyl or cyclic N) is 1. The molecule has 1 saturated heterocycles. The van der Waals surface area contributed by atoms with Gasteiger partial charge in [-0.25, -0.2) is 4.79 Å². The number of amides is 1. The van der Waals surface area contributed by atoms with Crippen molar-refractivity contribution in [3.8, 4) is 5.75 Å². The quantitative estimate of drug-likeness (QED) is 0.522. The van der Waals surface area contributed by atoms with Gasteiger partial charge >= 0.3 is 6.09 Å². The lowest BCUT2D eigenvalue weighted by molar-refractivity contribution is 0.0656. The summed E-state index contributed by atoms with van der Waals surface area (Å²) in [7, 11) is 0. The number of aliphatic hydroxyl groups excluding tert-OH is 1. The van der Waals surface area contributed by atoms with Crippen molar-refractivity contribution < 1.29 is 14.6 Å². The molecule has 2 heterocycles. The Labute approximate surface area is 187 Å². The van der Waals surface area contributed by atoms with Crippen molar-refractivity contribution in [3.63, 3.8) is 0 Å². The van der Waals surface area contributed by atoms with Crippen molar-refractivity contribution in [3.05, 3.63) is 78.9 Å². The number of nitrogens with zero attached hydrogens (tertiary/aromatic N) is 3. The number of benzene rings is 3. The second-order valence-electron chi connectivity index (χ2n) is 8.27. The SMILES string of the molecule is O=C(Oc1ccccc1)N1CCN(CC(O)Cn2c3ccccc3c3ccccc32)CC1. The van der Waals surface area contributed by atoms with Crippen LogP contribution in [0.15, 0.2) is 78.9 Å². The number of ether oxygens (including phenoxy) is 1. The molecule has 164 valence electrons. The minimum absolute atomic E-state index is 0.318. The zero-order valence-corrected chi connectivity index (χ0v) is 17.9. The number of hydrogen-bond donors (Lipinski definition) is 1. The zero-order chi connectivity index (χ0) is 21.9. The van der Waals surface area contributed by atoms with E-state index in [1.807, 2.05) is 30.3 Å². The van der Waals surface area contributed by atoms with Crippen molar-refractivity contribution >= 4 is 27.9 Å². The number of para-hydroxylation sites is 3. The second kappa shape index (κ2) is 9.02. The van der Waals surface area contributed by atoms with E-state index in [2.05, 4.69) is 45.9 Å². The predicted molar refractivity (Wildman–Crippen MR) is 126 cm³/mol. The van der Waals surface area contributed by atoms with Crippen LogP contribution in [0, 0.1) is 0 Å². The molecular weight excluding hydrogens is 402 g/mol. The first-order valence-corrected chi connectivity index (χ1v) is 11.1. The maximum Gasteiger partial charge on any atom is 0.415 e. The van der Waals surface area contributed by atoms with Crippen LogP contribution < -0.4 is 4.74 Å². The lowest BCUT2D eigenvalue weighted by Crippen LogP contribution is -2.51. The van der Waals surface area contributed by atoms with Crippen LogP contribution in [0.5, 0.6) is 5.75 Å². The number of fused-ring (bicyclic) bond motifs is 3. The van der Waals surface area contributed by atoms with Crippen molar-refractivity contribution in [2.45, 2.75) is 12.6 Å². The van der Waals surface area contributed by atoms with Gasteiger partial charge in [-0.2, -0.15) is 0 Å². The summed E-state index contributed by atoms with van der Waals surface area (Å²) >= 11 is 0. The molecule has 1 fully saturated rings. The van der Waals surface area contributed by atoms with Crippen molar-refractivity contribution in [2.75, 3.05) is 32.7 Å². The maximum absolute atomic E-state index is 12.4. The number of rotatable bonds is 5. The van der Waals surface area contributed by atoms with E-state index in [1.54, 1.807) is 17.0 Å². The molecule has 1 aromatic heterocycles. The fourth-order valence-corrected chi connectivity index (χ4v) is 4.53. The number of piperazine rings is 1. The van der Waals surface area contributed by atoms with Crippen LogP contribution in [-0.2, 0) is 6.54 Å². The third-order valence-corrected chi connectivity index (χ3v) is 6.12. The van der Waals surface area contributed by atoms with E-state index >= 15 is 0 Å². The van der Waals surface area contributed by atoms with E-state index in [0.717, 1.165) is 11.0 Å². The first kappa shape index (κ1) is 20.5. The minimum Gasteiger partial charge on any atom is -0.410 e. The van der Waals surface area contributed by atoms with Gasteiger partial charge in [0, 0.05) is 54.5 Å². The highest BCUT2D eigenvalue weighted by atomic mass is 16.6. The normalized spacial score (nSPS) is 15.8. The highest BCUT2D eigenvalue weighted by molar-refractivity contribution is 6.07. The maximum atomic E-state index is 12.4. The van der Waals surface area contributed by atoms with Crippen LogP contribution in [0.3, 0.4) is 0 Å². The zero-order valence-electron chi connectivity index (χ0n) is 17.9. The monoisotopic (exact) mass is 429 g/mol. The third kappa shape index (κ3) is 4.20. The van der Waals surface area contributed by atoms with Gasteiger partial charge < -0.3 is 19.3 Å². The molecule has 3 aromatic carbocycles. The Morgan fingerprint density at radius 3 is 1.97 bits per heavy atom. The Morgan fingerprint density at radius 2 is 1.34 bits per heavy atom. The van der Waals surface area contributed by atoms with Crippen LogP contribution in [0.25, 0.3) is 21.8 Å². The third-order valence-electron chi connectivity index (χ3n) is 6.12. The summed E-state index contributed by atoms with van der Waals surface area (Å²) in [5.41, 5.74) is 2.28. The van der Waals surface area contributed by atoms with Crippen LogP contribution in [0.4, 0.5) is 4.79 Å². The van der Waals surface area contributed by atoms with Crippen LogP contribution in [0.2, 0.25) is 0 Å². The van der Waals surface area contributed by atoms with E-state index in [9.17, 15) is 9.90 Å². The van der Waals surface area contributed by atoms with Gasteiger partial charge in [-0.15, -0.1) is 0 Å². The summed E-state index contributed by atoms with van der Waals surface area (Å²) in [5.74, 6) is 0.557. The molecule has 6 heteroatoms. The fraction of sp³-hybridized carbons (Fsp3) is 0.269. The molecule has 1 amide bonds. The van der Waals surface area contributed by atoms with Crippen LogP contribution in [-0.4, -0.2) is 64.4 Å². The van der Waals surface area contributed by atoms with Gasteiger partial charge in [-0.3, -0.25) is 4.90 Å². The molecule has 1 aliphatic rings. The summed E-state index contributed by atoms with van der Waals surface area (Å²) in [6, 6.07) is 25.8. The van der Waals surface area contributed by atoms with Crippen molar-refractivity contribution in [1.29, 1.82) is 0 Å². The van der Waals surface area contributed by atoms with E-state index in [-0.39, 0.29) is 6.09 Å². The molecule has 0 saturated carbocycles. The molecule has 0 bridgehead atoms. The molecule has 4 aromatic rings. The fourth-order valence-electron chi connectivity index (χ4n) is 4.53. The first-order chi connectivity index (χ1) is 15.7. The van der Waals surface area contributed by atoms with Gasteiger partial charge in [0.2, 0.25) is 0 Å². The molecule has 0 aliphatic carbocycles. The predicted octanol–water partition coefficient (Wildman–Crippen LogP) is 3.97. The highest BCUT2D eigenvalue weighted by Gasteiger charge is 2.24. The molecule has 6 nitrogen and oxygen atoms in total. The summed E-state index contributed by atoms with van der Waals surface area (Å²) in [6.07, 6.45) is -0.821. The first-order valence-electron chi connectivity index (χ1n) is 11.1. The average molecular weight is 430 g/mol. The largest absolute Gasteiger partial charge is 0.415 e. The standard InChI is InChI=1S/C26H27N3O3/c30-20(19-29-24-12-6-4-10-22(24)23-11-5-7-13-25(23)29)18-27-14-16-28(17-15-27)26(31)32-21-8-2-1-3-9-21/h1-13,20,30H,14-19H2. The molecule has 1 aliphatic heterocycles. The van der Waals surface area contributed by atoms with E-state index in [0.29, 0.717) is 45.0 Å². The molecule has 32 heavy (non-hydrogen) atoms. The van der Waals surface area contributed by atoms with E-state index in [4.69, 9.17) is 4.74 Å². The molecule has 0 radical (unpaired) electrons. The van der Waals surface area contributed by atoms with Gasteiger partial charge in [-0.1, -0.05) is 54.6 Å². The van der Waals surface area contributed by atoms with Gasteiger partial charge in [0.05, 0.1) is 12.6 Å². The highest BCUT2D eigenvalue weighted by Crippen LogP contribution is 2.29. The Kier molecular flexibility index (Phi) is 5.79. The second-order valence-corrected chi connectivity index (χ2v) is 8.27. The molecular formula is C26H27N3O3. The van der Waals surface area contributed by atoms with Crippen molar-refractivity contribution in [2.24, 2.45) is 0 Å². The topological polar surface area (TPSA) is 57.9 Å². The molecule has 1 atom stereocenters. The lowest BCUT2D eigenvalue weighted by atomic mass is 10.2. The molecule has 5 rings (SSSR count). The number of carbonyl (C=O) groups is 1. The summed E-state index contributed by atoms with van der Waals surface area (Å²) in [4.78, 5) is 16.3. The van der Waals surface area contributed by atoms with Crippen molar-refractivity contribution in [1.82, 2.24) is 14.4 Å². The summed E-state index contributed by atoms with van der Waals surface area (Å²) in [6.45, 7) is 3.72. The Morgan fingerprint density at radius 1 is 0.781 bits per heavy atom. The van der Waals surface area contributed by atoms with Crippen LogP contribution >= 0.6 is 0 Å². The van der Waals surface area contributed by atoms with E-state index < -0.39 is 6.10 Å². The Hall–Kier alpha value is -3.35. The molecule has 0 spiro atoms. The lowest BCUT2D eigenvalue weighted by Gasteiger charge is -2.35. The van der Waals surface area contributed by atoms with Gasteiger partial charge in [0.1, 0.15) is 5.75 Å². The number of carbonyl (C=O) groups excluding carboxylic acids is 1. The number of aromatic nitrogens is 1. The number of hydrogen-bond acceptors (Lipinski definition) is 4. The van der Waals surface area contributed by atoms with E-state index in [1.165, 1.54) is 10.8 Å². The van der Waals surface area contributed by atoms with Crippen LogP contribution in [0.1, 0.15) is 0 Å². The molecule has 1 N–H and O–H groups in total. The Balaban J connectivity index is 1.20. The summed E-state index contributed by atoms with van der Waals surface area (Å²) in [5, 5.41) is 13.3. The average Bonchev–Trinajstić information content (AvgIpc) is 3.14. The smallest absolute Gasteiger partial charge is 0.410 e. The van der Waals surface area contributed by atoms with Gasteiger partial charge in [-0.05, 0) is 24.3 Å². The van der Waals surface area contributed by atoms with Gasteiger partial charge in [0.15, 0.2) is 0 Å². The Bertz CT molecular complexity index is 1160.